The molecule has 0 aromatic heterocycles. The molecule has 0 amide bonds. The van der Waals surface area contributed by atoms with E-state index in [4.69, 9.17) is 9.47 Å². The number of rotatable bonds is 5. The van der Waals surface area contributed by atoms with Gasteiger partial charge in [-0.1, -0.05) is 13.8 Å². The monoisotopic (exact) mass is 284 g/mol. The Morgan fingerprint density at radius 1 is 1.40 bits per heavy atom. The van der Waals surface area contributed by atoms with E-state index in [-0.39, 0.29) is 18.1 Å². The molecule has 0 spiro atoms. The van der Waals surface area contributed by atoms with Crippen molar-refractivity contribution in [2.45, 2.75) is 38.8 Å². The van der Waals surface area contributed by atoms with Gasteiger partial charge >= 0.3 is 5.97 Å². The van der Waals surface area contributed by atoms with Crippen molar-refractivity contribution in [1.29, 1.82) is 0 Å². The minimum atomic E-state index is -0.0997. The van der Waals surface area contributed by atoms with E-state index >= 15 is 0 Å². The van der Waals surface area contributed by atoms with Gasteiger partial charge in [0.2, 0.25) is 0 Å². The molecule has 2 saturated heterocycles. The average Bonchev–Trinajstić information content (AvgIpc) is 2.85. The summed E-state index contributed by atoms with van der Waals surface area (Å²) in [6.45, 7) is 10.2. The van der Waals surface area contributed by atoms with Gasteiger partial charge in [-0.25, -0.2) is 0 Å². The first-order valence-corrected chi connectivity index (χ1v) is 7.76. The van der Waals surface area contributed by atoms with Crippen LogP contribution in [0.5, 0.6) is 0 Å². The number of carbonyl (C=O) groups excluding carboxylic acids is 1. The molecule has 116 valence electrons. The number of carbonyl (C=O) groups is 1. The minimum Gasteiger partial charge on any atom is -0.468 e. The lowest BCUT2D eigenvalue weighted by Crippen LogP contribution is -2.50. The summed E-state index contributed by atoms with van der Waals surface area (Å²) in [5.74, 6) is 0.584. The molecule has 0 bridgehead atoms. The number of methoxy groups -OCH3 is 1. The minimum absolute atomic E-state index is 0.0657. The van der Waals surface area contributed by atoms with Crippen molar-refractivity contribution in [1.82, 2.24) is 9.80 Å². The van der Waals surface area contributed by atoms with Gasteiger partial charge in [-0.2, -0.15) is 0 Å². The molecule has 2 atom stereocenters. The molecular weight excluding hydrogens is 256 g/mol. The lowest BCUT2D eigenvalue weighted by molar-refractivity contribution is -0.146. The van der Waals surface area contributed by atoms with Crippen LogP contribution in [-0.4, -0.2) is 74.4 Å². The molecule has 5 nitrogen and oxygen atoms in total. The Kier molecular flexibility index (Phi) is 5.81. The first-order valence-electron chi connectivity index (χ1n) is 7.76. The van der Waals surface area contributed by atoms with Crippen LogP contribution in [0.1, 0.15) is 26.7 Å². The summed E-state index contributed by atoms with van der Waals surface area (Å²) in [4.78, 5) is 16.5. The summed E-state index contributed by atoms with van der Waals surface area (Å²) >= 11 is 0. The van der Waals surface area contributed by atoms with E-state index in [1.807, 2.05) is 0 Å². The zero-order chi connectivity index (χ0) is 14.5. The molecule has 0 N–H and O–H groups in total. The molecule has 2 unspecified atom stereocenters. The van der Waals surface area contributed by atoms with Crippen molar-refractivity contribution >= 4 is 5.97 Å². The van der Waals surface area contributed by atoms with E-state index in [0.717, 1.165) is 52.2 Å². The fourth-order valence-corrected chi connectivity index (χ4v) is 3.28. The Hall–Kier alpha value is -0.650. The van der Waals surface area contributed by atoms with Gasteiger partial charge in [-0.3, -0.25) is 14.6 Å². The number of esters is 1. The molecule has 2 fully saturated rings. The maximum atomic E-state index is 11.8. The third-order valence-corrected chi connectivity index (χ3v) is 4.12. The fraction of sp³-hybridized carbons (Fsp3) is 0.933. The third-order valence-electron chi connectivity index (χ3n) is 4.12. The lowest BCUT2D eigenvalue weighted by Gasteiger charge is -2.36. The summed E-state index contributed by atoms with van der Waals surface area (Å²) in [5, 5.41) is 0. The van der Waals surface area contributed by atoms with E-state index in [1.165, 1.54) is 7.11 Å². The quantitative estimate of drug-likeness (QED) is 0.704. The van der Waals surface area contributed by atoms with E-state index in [9.17, 15) is 4.79 Å². The Bertz CT molecular complexity index is 322. The van der Waals surface area contributed by atoms with Gasteiger partial charge in [0.05, 0.1) is 19.8 Å². The highest BCUT2D eigenvalue weighted by Crippen LogP contribution is 2.20. The first-order chi connectivity index (χ1) is 9.60. The van der Waals surface area contributed by atoms with Crippen molar-refractivity contribution in [2.24, 2.45) is 5.92 Å². The van der Waals surface area contributed by atoms with Gasteiger partial charge in [0, 0.05) is 26.2 Å². The first kappa shape index (κ1) is 15.7. The van der Waals surface area contributed by atoms with Gasteiger partial charge < -0.3 is 9.47 Å². The highest BCUT2D eigenvalue weighted by atomic mass is 16.5. The summed E-state index contributed by atoms with van der Waals surface area (Å²) in [5.41, 5.74) is 0. The average molecular weight is 284 g/mol. The number of ether oxygens (including phenoxy) is 2. The van der Waals surface area contributed by atoms with Crippen LogP contribution in [0, 0.1) is 5.92 Å². The van der Waals surface area contributed by atoms with E-state index in [1.54, 1.807) is 0 Å². The van der Waals surface area contributed by atoms with Gasteiger partial charge in [-0.15, -0.1) is 0 Å². The maximum absolute atomic E-state index is 11.8. The second-order valence-electron chi connectivity index (χ2n) is 6.32. The second-order valence-corrected chi connectivity index (χ2v) is 6.32. The Morgan fingerprint density at radius 3 is 2.90 bits per heavy atom. The van der Waals surface area contributed by atoms with Crippen LogP contribution in [0.25, 0.3) is 0 Å². The molecule has 2 rings (SSSR count). The molecule has 0 aliphatic carbocycles. The smallest absolute Gasteiger partial charge is 0.323 e. The molecule has 2 aliphatic rings. The molecule has 0 aromatic carbocycles. The highest BCUT2D eigenvalue weighted by molar-refractivity contribution is 5.75. The van der Waals surface area contributed by atoms with Crippen molar-refractivity contribution in [3.8, 4) is 0 Å². The van der Waals surface area contributed by atoms with Crippen molar-refractivity contribution < 1.29 is 14.3 Å². The number of nitrogens with zero attached hydrogens (tertiary/aromatic N) is 2. The Morgan fingerprint density at radius 2 is 2.20 bits per heavy atom. The lowest BCUT2D eigenvalue weighted by atomic mass is 10.1. The predicted octanol–water partition coefficient (Wildman–Crippen LogP) is 0.981. The van der Waals surface area contributed by atoms with Gasteiger partial charge in [-0.05, 0) is 25.3 Å². The Balaban J connectivity index is 1.84. The van der Waals surface area contributed by atoms with E-state index in [2.05, 4.69) is 23.6 Å². The molecule has 0 saturated carbocycles. The zero-order valence-corrected chi connectivity index (χ0v) is 13.0. The van der Waals surface area contributed by atoms with Gasteiger partial charge in [0.25, 0.3) is 0 Å². The van der Waals surface area contributed by atoms with Crippen LogP contribution in [0.15, 0.2) is 0 Å². The molecule has 2 aliphatic heterocycles. The fourth-order valence-electron chi connectivity index (χ4n) is 3.28. The summed E-state index contributed by atoms with van der Waals surface area (Å²) in [6.07, 6.45) is 2.20. The van der Waals surface area contributed by atoms with Crippen molar-refractivity contribution in [3.63, 3.8) is 0 Å². The largest absolute Gasteiger partial charge is 0.468 e. The van der Waals surface area contributed by atoms with Crippen LogP contribution in [-0.2, 0) is 14.3 Å². The topological polar surface area (TPSA) is 42.0 Å². The highest BCUT2D eigenvalue weighted by Gasteiger charge is 2.34. The standard InChI is InChI=1S/C15H28N2O3/c1-12(2)9-16-7-8-20-13(10-16)11-17-6-4-5-14(17)15(18)19-3/h12-14H,4-11H2,1-3H3. The molecule has 2 heterocycles. The maximum Gasteiger partial charge on any atom is 0.323 e. The van der Waals surface area contributed by atoms with E-state index < -0.39 is 0 Å². The van der Waals surface area contributed by atoms with Gasteiger partial charge in [0.15, 0.2) is 0 Å². The number of hydrogen-bond donors (Lipinski definition) is 0. The summed E-state index contributed by atoms with van der Waals surface area (Å²) in [6, 6.07) is -0.0657. The van der Waals surface area contributed by atoms with E-state index in [0.29, 0.717) is 5.92 Å². The molecule has 20 heavy (non-hydrogen) atoms. The van der Waals surface area contributed by atoms with Crippen LogP contribution in [0.3, 0.4) is 0 Å². The predicted molar refractivity (Wildman–Crippen MR) is 77.6 cm³/mol. The van der Waals surface area contributed by atoms with Crippen LogP contribution < -0.4 is 0 Å². The summed E-state index contributed by atoms with van der Waals surface area (Å²) in [7, 11) is 1.47. The summed E-state index contributed by atoms with van der Waals surface area (Å²) < 4.78 is 10.8. The Labute approximate surface area is 122 Å². The van der Waals surface area contributed by atoms with Crippen molar-refractivity contribution in [3.05, 3.63) is 0 Å². The molecule has 0 aromatic rings. The number of hydrogen-bond acceptors (Lipinski definition) is 5. The molecular formula is C15H28N2O3. The molecule has 5 heteroatoms. The van der Waals surface area contributed by atoms with Crippen LogP contribution >= 0.6 is 0 Å². The van der Waals surface area contributed by atoms with Gasteiger partial charge in [0.1, 0.15) is 6.04 Å². The number of likely N-dealkylation sites (tertiary alicyclic amines) is 1. The zero-order valence-electron chi connectivity index (χ0n) is 13.0. The molecule has 0 radical (unpaired) electrons. The van der Waals surface area contributed by atoms with Crippen LogP contribution in [0.2, 0.25) is 0 Å². The normalized spacial score (nSPS) is 29.0. The third kappa shape index (κ3) is 4.17. The number of morpholine rings is 1. The second kappa shape index (κ2) is 7.38. The van der Waals surface area contributed by atoms with Crippen LogP contribution in [0.4, 0.5) is 0 Å². The van der Waals surface area contributed by atoms with Crippen molar-refractivity contribution in [2.75, 3.05) is 46.4 Å². The SMILES string of the molecule is COC(=O)C1CCCN1CC1CN(CC(C)C)CCO1.